The van der Waals surface area contributed by atoms with E-state index in [1.165, 1.54) is 6.07 Å². The van der Waals surface area contributed by atoms with E-state index >= 15 is 0 Å². The third kappa shape index (κ3) is 2.99. The topological polar surface area (TPSA) is 42.2 Å². The van der Waals surface area contributed by atoms with Gasteiger partial charge in [0, 0.05) is 18.8 Å². The third-order valence-electron chi connectivity index (χ3n) is 2.87. The minimum Gasteiger partial charge on any atom is -0.395 e. The summed E-state index contributed by atoms with van der Waals surface area (Å²) in [5.41, 5.74) is 6.80. The van der Waals surface area contributed by atoms with E-state index in [0.29, 0.717) is 18.8 Å². The summed E-state index contributed by atoms with van der Waals surface area (Å²) < 4.78 is 26.8. The molecule has 0 bridgehead atoms. The Hall–Kier alpha value is -2.17. The fourth-order valence-corrected chi connectivity index (χ4v) is 1.89. The lowest BCUT2D eigenvalue weighted by atomic mass is 10.2. The van der Waals surface area contributed by atoms with Crippen molar-refractivity contribution in [3.8, 4) is 0 Å². The Balaban J connectivity index is 2.32. The van der Waals surface area contributed by atoms with E-state index in [9.17, 15) is 8.78 Å². The molecule has 2 N–H and O–H groups in total. The van der Waals surface area contributed by atoms with Crippen LogP contribution in [-0.2, 0) is 6.54 Å². The number of nitrogen functional groups attached to an aromatic ring is 1. The summed E-state index contributed by atoms with van der Waals surface area (Å²) in [5.74, 6) is -1.38. The molecule has 1 aromatic heterocycles. The highest BCUT2D eigenvalue weighted by molar-refractivity contribution is 5.68. The number of halogens is 2. The number of benzene rings is 1. The zero-order chi connectivity index (χ0) is 13.8. The maximum Gasteiger partial charge on any atom is 0.151 e. The normalized spacial score (nSPS) is 10.5. The van der Waals surface area contributed by atoms with E-state index in [0.717, 1.165) is 11.8 Å². The van der Waals surface area contributed by atoms with E-state index < -0.39 is 11.6 Å². The van der Waals surface area contributed by atoms with Gasteiger partial charge in [-0.2, -0.15) is 0 Å². The molecule has 5 heteroatoms. The highest BCUT2D eigenvalue weighted by Crippen LogP contribution is 2.28. The molecule has 0 unspecified atom stereocenters. The zero-order valence-electron chi connectivity index (χ0n) is 10.6. The molecule has 0 atom stereocenters. The second kappa shape index (κ2) is 5.65. The summed E-state index contributed by atoms with van der Waals surface area (Å²) in [6.07, 6.45) is 1.68. The van der Waals surface area contributed by atoms with Gasteiger partial charge in [-0.3, -0.25) is 4.98 Å². The van der Waals surface area contributed by atoms with Crippen LogP contribution in [0.2, 0.25) is 0 Å². The molecule has 0 fully saturated rings. The number of aromatic nitrogens is 1. The van der Waals surface area contributed by atoms with Crippen molar-refractivity contribution in [1.82, 2.24) is 4.98 Å². The van der Waals surface area contributed by atoms with Crippen LogP contribution in [0.4, 0.5) is 20.2 Å². The molecule has 1 aromatic carbocycles. The van der Waals surface area contributed by atoms with Crippen LogP contribution in [-0.4, -0.2) is 11.5 Å². The molecule has 1 heterocycles. The monoisotopic (exact) mass is 263 g/mol. The number of nitrogens with zero attached hydrogens (tertiary/aromatic N) is 2. The molecule has 0 aliphatic rings. The first-order chi connectivity index (χ1) is 9.11. The molecule has 3 nitrogen and oxygen atoms in total. The van der Waals surface area contributed by atoms with Gasteiger partial charge in [0.05, 0.1) is 23.6 Å². The van der Waals surface area contributed by atoms with Gasteiger partial charge < -0.3 is 10.6 Å². The van der Waals surface area contributed by atoms with Crippen LogP contribution in [0.1, 0.15) is 12.6 Å². The molecule has 0 aliphatic carbocycles. The number of hydrogen-bond acceptors (Lipinski definition) is 3. The number of nitrogens with two attached hydrogens (primary N) is 1. The van der Waals surface area contributed by atoms with Gasteiger partial charge in [-0.25, -0.2) is 8.78 Å². The molecular weight excluding hydrogens is 248 g/mol. The molecule has 0 aliphatic heterocycles. The number of hydrogen-bond donors (Lipinski definition) is 1. The van der Waals surface area contributed by atoms with Gasteiger partial charge in [-0.1, -0.05) is 6.07 Å². The van der Waals surface area contributed by atoms with Gasteiger partial charge in [0.1, 0.15) is 5.82 Å². The van der Waals surface area contributed by atoms with Crippen LogP contribution in [0.15, 0.2) is 36.5 Å². The first kappa shape index (κ1) is 13.3. The van der Waals surface area contributed by atoms with Crippen molar-refractivity contribution < 1.29 is 8.78 Å². The largest absolute Gasteiger partial charge is 0.395 e. The van der Waals surface area contributed by atoms with E-state index in [1.807, 2.05) is 25.1 Å². The van der Waals surface area contributed by atoms with Crippen molar-refractivity contribution in [2.24, 2.45) is 0 Å². The quantitative estimate of drug-likeness (QED) is 0.862. The molecule has 100 valence electrons. The molecule has 2 rings (SSSR count). The summed E-state index contributed by atoms with van der Waals surface area (Å²) in [6.45, 7) is 2.92. The maximum atomic E-state index is 13.5. The van der Waals surface area contributed by atoms with Crippen LogP contribution < -0.4 is 10.6 Å². The van der Waals surface area contributed by atoms with Crippen molar-refractivity contribution in [3.63, 3.8) is 0 Å². The summed E-state index contributed by atoms with van der Waals surface area (Å²) >= 11 is 0. The Kier molecular flexibility index (Phi) is 3.94. The number of pyridine rings is 1. The molecule has 0 saturated carbocycles. The Morgan fingerprint density at radius 2 is 2.05 bits per heavy atom. The molecule has 0 spiro atoms. The lowest BCUT2D eigenvalue weighted by Gasteiger charge is -2.24. The Morgan fingerprint density at radius 3 is 2.68 bits per heavy atom. The number of rotatable bonds is 4. The molecule has 0 amide bonds. The highest BCUT2D eigenvalue weighted by atomic mass is 19.1. The van der Waals surface area contributed by atoms with E-state index in [-0.39, 0.29) is 5.69 Å². The van der Waals surface area contributed by atoms with E-state index in [1.54, 1.807) is 11.1 Å². The van der Waals surface area contributed by atoms with Gasteiger partial charge in [0.2, 0.25) is 0 Å². The first-order valence-corrected chi connectivity index (χ1v) is 6.01. The van der Waals surface area contributed by atoms with Gasteiger partial charge >= 0.3 is 0 Å². The van der Waals surface area contributed by atoms with Crippen molar-refractivity contribution in [2.75, 3.05) is 17.2 Å². The zero-order valence-corrected chi connectivity index (χ0v) is 10.6. The fraction of sp³-hybridized carbons (Fsp3) is 0.214. The van der Waals surface area contributed by atoms with E-state index in [4.69, 9.17) is 5.73 Å². The van der Waals surface area contributed by atoms with Gasteiger partial charge in [-0.15, -0.1) is 0 Å². The highest BCUT2D eigenvalue weighted by Gasteiger charge is 2.14. The van der Waals surface area contributed by atoms with Gasteiger partial charge in [0.25, 0.3) is 0 Å². The van der Waals surface area contributed by atoms with E-state index in [2.05, 4.69) is 4.98 Å². The Labute approximate surface area is 110 Å². The van der Waals surface area contributed by atoms with Crippen LogP contribution in [0.25, 0.3) is 0 Å². The minimum absolute atomic E-state index is 0.0424. The molecule has 0 radical (unpaired) electrons. The predicted molar refractivity (Wildman–Crippen MR) is 71.7 cm³/mol. The summed E-state index contributed by atoms with van der Waals surface area (Å²) in [4.78, 5) is 5.98. The molecular formula is C14H15F2N3. The lowest BCUT2D eigenvalue weighted by molar-refractivity contribution is 0.584. The minimum atomic E-state index is -0.741. The Bertz CT molecular complexity index is 558. The summed E-state index contributed by atoms with van der Waals surface area (Å²) in [6, 6.07) is 7.56. The first-order valence-electron chi connectivity index (χ1n) is 6.01. The Morgan fingerprint density at radius 1 is 1.26 bits per heavy atom. The van der Waals surface area contributed by atoms with Gasteiger partial charge in [0.15, 0.2) is 5.82 Å². The van der Waals surface area contributed by atoms with Crippen molar-refractivity contribution in [3.05, 3.63) is 53.9 Å². The second-order valence-corrected chi connectivity index (χ2v) is 4.16. The summed E-state index contributed by atoms with van der Waals surface area (Å²) in [7, 11) is 0. The predicted octanol–water partition coefficient (Wildman–Crippen LogP) is 2.97. The molecule has 2 aromatic rings. The van der Waals surface area contributed by atoms with Gasteiger partial charge in [-0.05, 0) is 25.1 Å². The standard InChI is InChI=1S/C14H15F2N3/c1-2-19(9-11-5-3-4-6-18-11)13-8-10(15)7-12(16)14(13)17/h3-8H,2,9,17H2,1H3. The van der Waals surface area contributed by atoms with Crippen molar-refractivity contribution in [2.45, 2.75) is 13.5 Å². The average molecular weight is 263 g/mol. The fourth-order valence-electron chi connectivity index (χ4n) is 1.89. The molecule has 19 heavy (non-hydrogen) atoms. The maximum absolute atomic E-state index is 13.5. The smallest absolute Gasteiger partial charge is 0.151 e. The second-order valence-electron chi connectivity index (χ2n) is 4.16. The van der Waals surface area contributed by atoms with Crippen LogP contribution in [0.5, 0.6) is 0 Å². The lowest BCUT2D eigenvalue weighted by Crippen LogP contribution is -2.24. The van der Waals surface area contributed by atoms with Crippen LogP contribution >= 0.6 is 0 Å². The number of anilines is 2. The van der Waals surface area contributed by atoms with Crippen molar-refractivity contribution >= 4 is 11.4 Å². The average Bonchev–Trinajstić information content (AvgIpc) is 2.41. The SMILES string of the molecule is CCN(Cc1ccccn1)c1cc(F)cc(F)c1N. The van der Waals surface area contributed by atoms with Crippen LogP contribution in [0.3, 0.4) is 0 Å². The van der Waals surface area contributed by atoms with Crippen LogP contribution in [0, 0.1) is 11.6 Å². The third-order valence-corrected chi connectivity index (χ3v) is 2.87. The van der Waals surface area contributed by atoms with Crippen molar-refractivity contribution in [1.29, 1.82) is 0 Å². The summed E-state index contributed by atoms with van der Waals surface area (Å²) in [5, 5.41) is 0. The molecule has 0 saturated heterocycles.